The molecule has 0 saturated carbocycles. The van der Waals surface area contributed by atoms with Crippen LogP contribution < -0.4 is 5.73 Å². The molecule has 2 rings (SSSR count). The van der Waals surface area contributed by atoms with Gasteiger partial charge in [0, 0.05) is 19.6 Å². The minimum absolute atomic E-state index is 0.192. The molecule has 1 aromatic rings. The summed E-state index contributed by atoms with van der Waals surface area (Å²) in [5, 5.41) is 9.61. The Morgan fingerprint density at radius 2 is 2.00 bits per heavy atom. The first-order valence-corrected chi connectivity index (χ1v) is 8.78. The molecule has 0 bridgehead atoms. The Morgan fingerprint density at radius 3 is 2.48 bits per heavy atom. The number of hydrogen-bond acceptors (Lipinski definition) is 4. The second-order valence-corrected chi connectivity index (χ2v) is 7.69. The molecule has 1 atom stereocenters. The van der Waals surface area contributed by atoms with Crippen molar-refractivity contribution in [1.29, 1.82) is 0 Å². The smallest absolute Gasteiger partial charge is 0.243 e. The fourth-order valence-electron chi connectivity index (χ4n) is 2.87. The molecule has 1 heterocycles. The fourth-order valence-corrected chi connectivity index (χ4v) is 4.54. The third kappa shape index (κ3) is 3.45. The number of aryl methyl sites for hydroxylation is 1. The molecule has 1 fully saturated rings. The van der Waals surface area contributed by atoms with E-state index in [2.05, 4.69) is 0 Å². The van der Waals surface area contributed by atoms with E-state index in [-0.39, 0.29) is 12.0 Å². The maximum atomic E-state index is 12.7. The van der Waals surface area contributed by atoms with Crippen LogP contribution in [0.2, 0.25) is 0 Å². The summed E-state index contributed by atoms with van der Waals surface area (Å²) >= 11 is 0. The van der Waals surface area contributed by atoms with E-state index >= 15 is 0 Å². The lowest BCUT2D eigenvalue weighted by Gasteiger charge is -2.32. The van der Waals surface area contributed by atoms with Crippen LogP contribution in [0.3, 0.4) is 0 Å². The predicted molar refractivity (Wildman–Crippen MR) is 82.2 cm³/mol. The Hall–Kier alpha value is -0.950. The topological polar surface area (TPSA) is 83.6 Å². The van der Waals surface area contributed by atoms with Gasteiger partial charge < -0.3 is 10.8 Å². The summed E-state index contributed by atoms with van der Waals surface area (Å²) in [4.78, 5) is 0.357. The summed E-state index contributed by atoms with van der Waals surface area (Å²) in [6.45, 7) is 4.91. The number of aliphatic hydroxyl groups excluding tert-OH is 1. The average Bonchev–Trinajstić information content (AvgIpc) is 2.46. The third-order valence-electron chi connectivity index (χ3n) is 4.27. The molecule has 0 radical (unpaired) electrons. The van der Waals surface area contributed by atoms with E-state index in [1.165, 1.54) is 4.31 Å². The van der Waals surface area contributed by atoms with E-state index < -0.39 is 10.0 Å². The minimum Gasteiger partial charge on any atom is -0.393 e. The normalized spacial score (nSPS) is 19.6. The molecule has 1 aromatic carbocycles. The molecule has 0 aliphatic carbocycles. The molecule has 1 aliphatic rings. The van der Waals surface area contributed by atoms with Gasteiger partial charge in [0.25, 0.3) is 0 Å². The summed E-state index contributed by atoms with van der Waals surface area (Å²) in [7, 11) is -3.46. The van der Waals surface area contributed by atoms with E-state index in [1.54, 1.807) is 26.0 Å². The van der Waals surface area contributed by atoms with Crippen LogP contribution in [0.5, 0.6) is 0 Å². The number of hydrogen-bond donors (Lipinski definition) is 2. The Bertz CT molecular complexity index is 591. The number of aliphatic hydroxyl groups is 1. The van der Waals surface area contributed by atoms with Crippen LogP contribution in [0.15, 0.2) is 23.1 Å². The van der Waals surface area contributed by atoms with Crippen molar-refractivity contribution in [2.45, 2.75) is 44.2 Å². The summed E-state index contributed by atoms with van der Waals surface area (Å²) < 4.78 is 27.0. The van der Waals surface area contributed by atoms with Crippen molar-refractivity contribution in [3.05, 3.63) is 29.3 Å². The monoisotopic (exact) mass is 312 g/mol. The van der Waals surface area contributed by atoms with Crippen LogP contribution in [0.4, 0.5) is 0 Å². The van der Waals surface area contributed by atoms with Gasteiger partial charge in [0.15, 0.2) is 0 Å². The average molecular weight is 312 g/mol. The fraction of sp³-hybridized carbons (Fsp3) is 0.600. The second-order valence-electron chi connectivity index (χ2n) is 5.79. The van der Waals surface area contributed by atoms with Crippen molar-refractivity contribution in [3.8, 4) is 0 Å². The number of sulfonamides is 1. The lowest BCUT2D eigenvalue weighted by molar-refractivity contribution is 0.0912. The standard InChI is InChI=1S/C15H24N2O3S/c1-11-9-13(10-16)3-4-15(11)21(19,20)17-7-5-14(6-8-17)12(2)18/h3-4,9,12,14,18H,5-8,10,16H2,1-2H3. The van der Waals surface area contributed by atoms with Gasteiger partial charge in [0.05, 0.1) is 11.0 Å². The van der Waals surface area contributed by atoms with Gasteiger partial charge in [-0.25, -0.2) is 8.42 Å². The van der Waals surface area contributed by atoms with Crippen molar-refractivity contribution in [2.24, 2.45) is 11.7 Å². The Morgan fingerprint density at radius 1 is 1.38 bits per heavy atom. The first kappa shape index (κ1) is 16.4. The van der Waals surface area contributed by atoms with Gasteiger partial charge in [-0.1, -0.05) is 12.1 Å². The number of rotatable bonds is 4. The Balaban J connectivity index is 2.19. The van der Waals surface area contributed by atoms with Gasteiger partial charge in [0.2, 0.25) is 10.0 Å². The molecular formula is C15H24N2O3S. The SMILES string of the molecule is Cc1cc(CN)ccc1S(=O)(=O)N1CCC(C(C)O)CC1. The zero-order valence-corrected chi connectivity index (χ0v) is 13.4. The van der Waals surface area contributed by atoms with Crippen LogP contribution in [0.1, 0.15) is 30.9 Å². The largest absolute Gasteiger partial charge is 0.393 e. The van der Waals surface area contributed by atoms with Gasteiger partial charge in [-0.05, 0) is 49.8 Å². The lowest BCUT2D eigenvalue weighted by Crippen LogP contribution is -2.40. The molecule has 0 aromatic heterocycles. The molecule has 5 nitrogen and oxygen atoms in total. The van der Waals surface area contributed by atoms with E-state index in [9.17, 15) is 13.5 Å². The van der Waals surface area contributed by atoms with Gasteiger partial charge in [-0.2, -0.15) is 4.31 Å². The molecule has 1 aliphatic heterocycles. The van der Waals surface area contributed by atoms with Crippen molar-refractivity contribution in [3.63, 3.8) is 0 Å². The summed E-state index contributed by atoms with van der Waals surface area (Å²) in [5.74, 6) is 0.192. The van der Waals surface area contributed by atoms with Gasteiger partial charge >= 0.3 is 0 Å². The molecule has 118 valence electrons. The van der Waals surface area contributed by atoms with Crippen molar-refractivity contribution >= 4 is 10.0 Å². The van der Waals surface area contributed by atoms with Crippen LogP contribution >= 0.6 is 0 Å². The van der Waals surface area contributed by atoms with Crippen LogP contribution in [-0.4, -0.2) is 37.0 Å². The number of nitrogens with two attached hydrogens (primary N) is 1. The first-order valence-electron chi connectivity index (χ1n) is 7.34. The van der Waals surface area contributed by atoms with E-state index in [0.717, 1.165) is 11.1 Å². The second kappa shape index (κ2) is 6.44. The van der Waals surface area contributed by atoms with Gasteiger partial charge in [0.1, 0.15) is 0 Å². The summed E-state index contributed by atoms with van der Waals surface area (Å²) in [6.07, 6.45) is 1.04. The zero-order valence-electron chi connectivity index (χ0n) is 12.6. The molecule has 21 heavy (non-hydrogen) atoms. The highest BCUT2D eigenvalue weighted by Gasteiger charge is 2.31. The Labute approximate surface area is 126 Å². The molecule has 1 unspecified atom stereocenters. The number of nitrogens with zero attached hydrogens (tertiary/aromatic N) is 1. The third-order valence-corrected chi connectivity index (χ3v) is 6.33. The Kier molecular flexibility index (Phi) is 5.03. The zero-order chi connectivity index (χ0) is 15.6. The molecule has 3 N–H and O–H groups in total. The maximum Gasteiger partial charge on any atom is 0.243 e. The van der Waals surface area contributed by atoms with Crippen molar-refractivity contribution in [2.75, 3.05) is 13.1 Å². The molecular weight excluding hydrogens is 288 g/mol. The molecule has 1 saturated heterocycles. The quantitative estimate of drug-likeness (QED) is 0.876. The minimum atomic E-state index is -3.46. The highest BCUT2D eigenvalue weighted by atomic mass is 32.2. The first-order chi connectivity index (χ1) is 9.86. The van der Waals surface area contributed by atoms with E-state index in [1.807, 2.05) is 6.07 Å². The van der Waals surface area contributed by atoms with Gasteiger partial charge in [-0.15, -0.1) is 0 Å². The lowest BCUT2D eigenvalue weighted by atomic mass is 9.93. The van der Waals surface area contributed by atoms with Crippen molar-refractivity contribution < 1.29 is 13.5 Å². The van der Waals surface area contributed by atoms with Crippen LogP contribution in [0, 0.1) is 12.8 Å². The molecule has 6 heteroatoms. The summed E-state index contributed by atoms with van der Waals surface area (Å²) in [5.41, 5.74) is 7.24. The van der Waals surface area contributed by atoms with Crippen molar-refractivity contribution in [1.82, 2.24) is 4.31 Å². The van der Waals surface area contributed by atoms with Crippen LogP contribution in [-0.2, 0) is 16.6 Å². The maximum absolute atomic E-state index is 12.7. The van der Waals surface area contributed by atoms with E-state index in [0.29, 0.717) is 37.4 Å². The number of benzene rings is 1. The molecule has 0 amide bonds. The van der Waals surface area contributed by atoms with E-state index in [4.69, 9.17) is 5.73 Å². The summed E-state index contributed by atoms with van der Waals surface area (Å²) in [6, 6.07) is 5.24. The van der Waals surface area contributed by atoms with Gasteiger partial charge in [-0.3, -0.25) is 0 Å². The number of piperidine rings is 1. The molecule has 0 spiro atoms. The highest BCUT2D eigenvalue weighted by molar-refractivity contribution is 7.89. The van der Waals surface area contributed by atoms with Crippen LogP contribution in [0.25, 0.3) is 0 Å². The predicted octanol–water partition coefficient (Wildman–Crippen LogP) is 1.24. The highest BCUT2D eigenvalue weighted by Crippen LogP contribution is 2.27.